The molecule has 1 aliphatic rings. The van der Waals surface area contributed by atoms with Gasteiger partial charge in [-0.1, -0.05) is 6.07 Å². The van der Waals surface area contributed by atoms with Gasteiger partial charge in [0.1, 0.15) is 17.6 Å². The lowest BCUT2D eigenvalue weighted by atomic mass is 9.97. The van der Waals surface area contributed by atoms with Gasteiger partial charge in [0.25, 0.3) is 0 Å². The van der Waals surface area contributed by atoms with Crippen LogP contribution in [0.15, 0.2) is 30.3 Å². The van der Waals surface area contributed by atoms with Crippen LogP contribution in [0.1, 0.15) is 23.7 Å². The second kappa shape index (κ2) is 5.67. The molecule has 3 rings (SSSR count). The summed E-state index contributed by atoms with van der Waals surface area (Å²) in [6.45, 7) is 0. The Morgan fingerprint density at radius 1 is 1.05 bits per heavy atom. The highest BCUT2D eigenvalue weighted by molar-refractivity contribution is 5.53. The number of aromatic hydroxyl groups is 2. The van der Waals surface area contributed by atoms with Crippen LogP contribution in [0.2, 0.25) is 0 Å². The van der Waals surface area contributed by atoms with Gasteiger partial charge < -0.3 is 24.4 Å². The van der Waals surface area contributed by atoms with E-state index in [0.29, 0.717) is 17.2 Å². The van der Waals surface area contributed by atoms with Crippen LogP contribution in [0.4, 0.5) is 0 Å². The second-order valence-electron chi connectivity index (χ2n) is 5.21. The van der Waals surface area contributed by atoms with Gasteiger partial charge in [-0.25, -0.2) is 0 Å². The maximum atomic E-state index is 9.98. The highest BCUT2D eigenvalue weighted by Gasteiger charge is 2.24. The van der Waals surface area contributed by atoms with Gasteiger partial charge in [-0.05, 0) is 42.2 Å². The third kappa shape index (κ3) is 2.50. The molecule has 0 saturated heterocycles. The van der Waals surface area contributed by atoms with E-state index in [-0.39, 0.29) is 17.6 Å². The Labute approximate surface area is 128 Å². The lowest BCUT2D eigenvalue weighted by Crippen LogP contribution is -2.15. The van der Waals surface area contributed by atoms with Crippen LogP contribution in [-0.2, 0) is 6.42 Å². The minimum absolute atomic E-state index is 0.0254. The van der Waals surface area contributed by atoms with Crippen LogP contribution < -0.4 is 14.2 Å². The van der Waals surface area contributed by atoms with E-state index in [2.05, 4.69) is 0 Å². The quantitative estimate of drug-likeness (QED) is 0.911. The summed E-state index contributed by atoms with van der Waals surface area (Å²) >= 11 is 0. The van der Waals surface area contributed by atoms with Crippen LogP contribution in [0, 0.1) is 0 Å². The Bertz CT molecular complexity index is 670. The molecule has 0 saturated carbocycles. The number of rotatable bonds is 3. The molecule has 1 heterocycles. The van der Waals surface area contributed by atoms with E-state index in [0.717, 1.165) is 24.0 Å². The largest absolute Gasteiger partial charge is 0.508 e. The van der Waals surface area contributed by atoms with Crippen molar-refractivity contribution in [2.75, 3.05) is 14.2 Å². The topological polar surface area (TPSA) is 68.2 Å². The van der Waals surface area contributed by atoms with E-state index in [9.17, 15) is 10.2 Å². The molecular weight excluding hydrogens is 284 g/mol. The molecule has 5 heteroatoms. The summed E-state index contributed by atoms with van der Waals surface area (Å²) in [5.41, 5.74) is 1.94. The number of benzene rings is 2. The summed E-state index contributed by atoms with van der Waals surface area (Å²) in [5.74, 6) is 1.53. The van der Waals surface area contributed by atoms with Gasteiger partial charge in [0.15, 0.2) is 11.5 Å². The third-order valence-electron chi connectivity index (χ3n) is 3.87. The van der Waals surface area contributed by atoms with E-state index < -0.39 is 0 Å². The summed E-state index contributed by atoms with van der Waals surface area (Å²) in [6.07, 6.45) is 1.47. The molecule has 0 amide bonds. The number of phenolic OH excluding ortho intramolecular Hbond substituents is 2. The fourth-order valence-corrected chi connectivity index (χ4v) is 2.69. The Balaban J connectivity index is 1.95. The van der Waals surface area contributed by atoms with Gasteiger partial charge in [0.2, 0.25) is 5.75 Å². The van der Waals surface area contributed by atoms with Crippen molar-refractivity contribution in [3.8, 4) is 28.7 Å². The predicted molar refractivity (Wildman–Crippen MR) is 81.0 cm³/mol. The number of phenols is 2. The van der Waals surface area contributed by atoms with E-state index in [1.165, 1.54) is 14.2 Å². The molecule has 1 aliphatic heterocycles. The summed E-state index contributed by atoms with van der Waals surface area (Å²) < 4.78 is 16.3. The number of ether oxygens (including phenoxy) is 3. The first kappa shape index (κ1) is 14.4. The fraction of sp³-hybridized carbons (Fsp3) is 0.294. The average Bonchev–Trinajstić information content (AvgIpc) is 2.54. The van der Waals surface area contributed by atoms with Crippen LogP contribution in [-0.4, -0.2) is 24.4 Å². The number of methoxy groups -OCH3 is 2. The zero-order chi connectivity index (χ0) is 15.7. The molecule has 0 aromatic heterocycles. The monoisotopic (exact) mass is 302 g/mol. The normalized spacial score (nSPS) is 16.5. The Hall–Kier alpha value is -2.56. The number of aryl methyl sites for hydroxylation is 1. The molecule has 0 aliphatic carbocycles. The number of hydrogen-bond donors (Lipinski definition) is 2. The van der Waals surface area contributed by atoms with Crippen molar-refractivity contribution in [2.24, 2.45) is 0 Å². The molecule has 2 aromatic carbocycles. The Morgan fingerprint density at radius 2 is 1.73 bits per heavy atom. The van der Waals surface area contributed by atoms with E-state index >= 15 is 0 Å². The summed E-state index contributed by atoms with van der Waals surface area (Å²) in [5, 5.41) is 19.6. The standard InChI is InChI=1S/C17H18O5/c1-20-15-7-11(8-16(21-2)17(15)19)13-6-4-10-3-5-12(18)9-14(10)22-13/h3,5,7-9,13,18-19H,4,6H2,1-2H3. The molecule has 22 heavy (non-hydrogen) atoms. The van der Waals surface area contributed by atoms with Crippen molar-refractivity contribution in [2.45, 2.75) is 18.9 Å². The van der Waals surface area contributed by atoms with Gasteiger partial charge in [-0.2, -0.15) is 0 Å². The summed E-state index contributed by atoms with van der Waals surface area (Å²) in [7, 11) is 2.99. The van der Waals surface area contributed by atoms with Crippen LogP contribution in [0.5, 0.6) is 28.7 Å². The predicted octanol–water partition coefficient (Wildman–Crippen LogP) is 3.18. The van der Waals surface area contributed by atoms with Gasteiger partial charge in [-0.15, -0.1) is 0 Å². The van der Waals surface area contributed by atoms with Crippen molar-refractivity contribution in [1.82, 2.24) is 0 Å². The first-order chi connectivity index (χ1) is 10.6. The van der Waals surface area contributed by atoms with Crippen LogP contribution >= 0.6 is 0 Å². The first-order valence-electron chi connectivity index (χ1n) is 7.05. The minimum atomic E-state index is -0.183. The molecule has 5 nitrogen and oxygen atoms in total. The number of hydrogen-bond acceptors (Lipinski definition) is 5. The average molecular weight is 302 g/mol. The maximum absolute atomic E-state index is 9.98. The lowest BCUT2D eigenvalue weighted by Gasteiger charge is -2.27. The molecule has 2 aromatic rings. The van der Waals surface area contributed by atoms with Gasteiger partial charge in [-0.3, -0.25) is 0 Å². The molecular formula is C17H18O5. The van der Waals surface area contributed by atoms with E-state index in [4.69, 9.17) is 14.2 Å². The smallest absolute Gasteiger partial charge is 0.200 e. The van der Waals surface area contributed by atoms with E-state index in [1.807, 2.05) is 6.07 Å². The molecule has 1 atom stereocenters. The highest BCUT2D eigenvalue weighted by Crippen LogP contribution is 2.42. The maximum Gasteiger partial charge on any atom is 0.200 e. The Morgan fingerprint density at radius 3 is 2.36 bits per heavy atom. The second-order valence-corrected chi connectivity index (χ2v) is 5.21. The molecule has 2 N–H and O–H groups in total. The third-order valence-corrected chi connectivity index (χ3v) is 3.87. The van der Waals surface area contributed by atoms with Crippen molar-refractivity contribution in [3.63, 3.8) is 0 Å². The molecule has 0 spiro atoms. The van der Waals surface area contributed by atoms with Gasteiger partial charge in [0.05, 0.1) is 14.2 Å². The first-order valence-corrected chi connectivity index (χ1v) is 7.05. The SMILES string of the molecule is COc1cc(C2CCc3ccc(O)cc3O2)cc(OC)c1O. The zero-order valence-electron chi connectivity index (χ0n) is 12.5. The summed E-state index contributed by atoms with van der Waals surface area (Å²) in [6, 6.07) is 8.65. The molecule has 116 valence electrons. The van der Waals surface area contributed by atoms with Crippen LogP contribution in [0.25, 0.3) is 0 Å². The minimum Gasteiger partial charge on any atom is -0.508 e. The molecule has 0 radical (unpaired) electrons. The molecule has 0 bridgehead atoms. The Kier molecular flexibility index (Phi) is 3.71. The zero-order valence-corrected chi connectivity index (χ0v) is 12.5. The molecule has 1 unspecified atom stereocenters. The van der Waals surface area contributed by atoms with Crippen molar-refractivity contribution in [1.29, 1.82) is 0 Å². The number of fused-ring (bicyclic) bond motifs is 1. The van der Waals surface area contributed by atoms with Crippen molar-refractivity contribution >= 4 is 0 Å². The van der Waals surface area contributed by atoms with Gasteiger partial charge in [0, 0.05) is 6.07 Å². The molecule has 0 fully saturated rings. The lowest BCUT2D eigenvalue weighted by molar-refractivity contribution is 0.175. The summed E-state index contributed by atoms with van der Waals surface area (Å²) in [4.78, 5) is 0. The fourth-order valence-electron chi connectivity index (χ4n) is 2.69. The highest BCUT2D eigenvalue weighted by atomic mass is 16.5. The van der Waals surface area contributed by atoms with Crippen LogP contribution in [0.3, 0.4) is 0 Å². The van der Waals surface area contributed by atoms with Gasteiger partial charge >= 0.3 is 0 Å². The van der Waals surface area contributed by atoms with E-state index in [1.54, 1.807) is 24.3 Å². The van der Waals surface area contributed by atoms with Crippen molar-refractivity contribution < 1.29 is 24.4 Å². The van der Waals surface area contributed by atoms with Crippen molar-refractivity contribution in [3.05, 3.63) is 41.5 Å².